The third-order valence-corrected chi connectivity index (χ3v) is 6.01. The highest BCUT2D eigenvalue weighted by Crippen LogP contribution is 2.35. The first kappa shape index (κ1) is 19.2. The second-order valence-corrected chi connectivity index (χ2v) is 8.90. The number of nitrogens with zero attached hydrogens (tertiary/aromatic N) is 3. The zero-order valence-electron chi connectivity index (χ0n) is 15.7. The number of rotatable bonds is 4. The zero-order chi connectivity index (χ0) is 19.8. The van der Waals surface area contributed by atoms with Gasteiger partial charge in [-0.3, -0.25) is 10.1 Å². The summed E-state index contributed by atoms with van der Waals surface area (Å²) in [6, 6.07) is 10.8. The van der Waals surface area contributed by atoms with Crippen LogP contribution in [0, 0.1) is 24.0 Å². The topological polar surface area (TPSA) is 83.8 Å². The molecule has 0 amide bonds. The lowest BCUT2D eigenvalue weighted by molar-refractivity contribution is -0.387. The molecular weight excluding hydrogens is 366 g/mol. The van der Waals surface area contributed by atoms with E-state index in [1.807, 2.05) is 4.90 Å². The van der Waals surface area contributed by atoms with Gasteiger partial charge in [0.05, 0.1) is 4.92 Å². The summed E-state index contributed by atoms with van der Waals surface area (Å²) >= 11 is 0. The largest absolute Gasteiger partial charge is 0.368 e. The molecule has 2 aromatic carbocycles. The zero-order valence-corrected chi connectivity index (χ0v) is 16.5. The van der Waals surface area contributed by atoms with Gasteiger partial charge in [-0.1, -0.05) is 18.2 Å². The Kier molecular flexibility index (Phi) is 5.10. The van der Waals surface area contributed by atoms with Crippen LogP contribution in [0.2, 0.25) is 0 Å². The number of nitro benzene ring substituents is 1. The normalized spacial score (nSPS) is 15.1. The number of sulfone groups is 1. The summed E-state index contributed by atoms with van der Waals surface area (Å²) in [7, 11) is -3.68. The first-order chi connectivity index (χ1) is 12.7. The second-order valence-electron chi connectivity index (χ2n) is 6.92. The van der Waals surface area contributed by atoms with Crippen molar-refractivity contribution < 1.29 is 13.3 Å². The van der Waals surface area contributed by atoms with Crippen molar-refractivity contribution in [2.24, 2.45) is 0 Å². The Morgan fingerprint density at radius 1 is 0.963 bits per heavy atom. The van der Waals surface area contributed by atoms with E-state index in [0.29, 0.717) is 31.9 Å². The molecule has 0 aromatic heterocycles. The Morgan fingerprint density at radius 2 is 1.56 bits per heavy atom. The van der Waals surface area contributed by atoms with E-state index in [2.05, 4.69) is 36.9 Å². The van der Waals surface area contributed by atoms with Crippen LogP contribution in [-0.2, 0) is 9.84 Å². The summed E-state index contributed by atoms with van der Waals surface area (Å²) in [6.45, 7) is 6.72. The Labute approximate surface area is 159 Å². The van der Waals surface area contributed by atoms with Crippen LogP contribution in [0.1, 0.15) is 11.1 Å². The van der Waals surface area contributed by atoms with Gasteiger partial charge in [0.15, 0.2) is 9.84 Å². The number of benzene rings is 2. The number of piperazine rings is 1. The van der Waals surface area contributed by atoms with Crippen LogP contribution in [0.25, 0.3) is 0 Å². The fourth-order valence-electron chi connectivity index (χ4n) is 3.50. The lowest BCUT2D eigenvalue weighted by atomic mass is 10.1. The Hall–Kier alpha value is -2.61. The van der Waals surface area contributed by atoms with Crippen LogP contribution >= 0.6 is 0 Å². The first-order valence-electron chi connectivity index (χ1n) is 8.73. The molecule has 27 heavy (non-hydrogen) atoms. The van der Waals surface area contributed by atoms with Crippen LogP contribution in [0.4, 0.5) is 17.1 Å². The maximum atomic E-state index is 12.0. The molecule has 0 aliphatic carbocycles. The highest BCUT2D eigenvalue weighted by molar-refractivity contribution is 7.90. The Balaban J connectivity index is 1.89. The van der Waals surface area contributed by atoms with Gasteiger partial charge in [-0.05, 0) is 43.2 Å². The number of anilines is 2. The van der Waals surface area contributed by atoms with Crippen molar-refractivity contribution in [3.8, 4) is 0 Å². The monoisotopic (exact) mass is 389 g/mol. The van der Waals surface area contributed by atoms with Gasteiger partial charge in [0.1, 0.15) is 10.6 Å². The van der Waals surface area contributed by atoms with Gasteiger partial charge in [-0.2, -0.15) is 0 Å². The molecule has 0 bridgehead atoms. The van der Waals surface area contributed by atoms with Crippen molar-refractivity contribution in [1.82, 2.24) is 0 Å². The van der Waals surface area contributed by atoms with E-state index in [4.69, 9.17) is 0 Å². The van der Waals surface area contributed by atoms with Crippen LogP contribution in [0.15, 0.2) is 41.3 Å². The molecule has 7 nitrogen and oxygen atoms in total. The fraction of sp³-hybridized carbons (Fsp3) is 0.368. The third-order valence-electron chi connectivity index (χ3n) is 4.89. The van der Waals surface area contributed by atoms with Crippen molar-refractivity contribution >= 4 is 26.9 Å². The lowest BCUT2D eigenvalue weighted by Crippen LogP contribution is -2.47. The summed E-state index contributed by atoms with van der Waals surface area (Å²) in [6.07, 6.45) is 0.998. The van der Waals surface area contributed by atoms with Gasteiger partial charge >= 0.3 is 5.69 Å². The van der Waals surface area contributed by atoms with E-state index < -0.39 is 14.8 Å². The molecule has 1 aliphatic rings. The molecule has 0 atom stereocenters. The predicted molar refractivity (Wildman–Crippen MR) is 107 cm³/mol. The highest BCUT2D eigenvalue weighted by atomic mass is 32.2. The third kappa shape index (κ3) is 3.90. The number of hydrogen-bond acceptors (Lipinski definition) is 6. The van der Waals surface area contributed by atoms with Crippen molar-refractivity contribution in [2.75, 3.05) is 42.2 Å². The number of aryl methyl sites for hydroxylation is 2. The highest BCUT2D eigenvalue weighted by Gasteiger charge is 2.30. The molecule has 0 saturated carbocycles. The molecule has 1 heterocycles. The molecule has 144 valence electrons. The lowest BCUT2D eigenvalue weighted by Gasteiger charge is -2.38. The van der Waals surface area contributed by atoms with Crippen LogP contribution in [-0.4, -0.2) is 45.8 Å². The van der Waals surface area contributed by atoms with Crippen LogP contribution < -0.4 is 9.80 Å². The minimum absolute atomic E-state index is 0.234. The van der Waals surface area contributed by atoms with Gasteiger partial charge in [0, 0.05) is 38.1 Å². The summed E-state index contributed by atoms with van der Waals surface area (Å²) in [5, 5.41) is 11.6. The minimum Gasteiger partial charge on any atom is -0.368 e. The van der Waals surface area contributed by atoms with Gasteiger partial charge in [0.2, 0.25) is 0 Å². The van der Waals surface area contributed by atoms with E-state index in [-0.39, 0.29) is 10.6 Å². The smallest absolute Gasteiger partial charge is 0.311 e. The van der Waals surface area contributed by atoms with Crippen molar-refractivity contribution in [3.05, 3.63) is 57.6 Å². The van der Waals surface area contributed by atoms with Gasteiger partial charge in [0.25, 0.3) is 0 Å². The minimum atomic E-state index is -3.68. The van der Waals surface area contributed by atoms with Crippen LogP contribution in [0.5, 0.6) is 0 Å². The van der Waals surface area contributed by atoms with Gasteiger partial charge < -0.3 is 9.80 Å². The molecular formula is C19H23N3O4S. The standard InChI is InChI=1S/C19H23N3O4S/c1-14-7-8-15(2)17(13-14)21-11-9-20(10-12-21)16-5-4-6-18(27(3,25)26)19(16)22(23)24/h4-8,13H,9-12H2,1-3H3. The molecule has 0 unspecified atom stereocenters. The summed E-state index contributed by atoms with van der Waals surface area (Å²) < 4.78 is 23.9. The van der Waals surface area contributed by atoms with E-state index in [9.17, 15) is 18.5 Å². The van der Waals surface area contributed by atoms with E-state index in [1.54, 1.807) is 12.1 Å². The van der Waals surface area contributed by atoms with Crippen molar-refractivity contribution in [2.45, 2.75) is 18.7 Å². The molecule has 8 heteroatoms. The first-order valence-corrected chi connectivity index (χ1v) is 10.6. The van der Waals surface area contributed by atoms with E-state index >= 15 is 0 Å². The molecule has 2 aromatic rings. The van der Waals surface area contributed by atoms with Crippen molar-refractivity contribution in [1.29, 1.82) is 0 Å². The molecule has 1 fully saturated rings. The molecule has 1 aliphatic heterocycles. The average molecular weight is 389 g/mol. The SMILES string of the molecule is Cc1ccc(C)c(N2CCN(c3cccc(S(C)(=O)=O)c3[N+](=O)[O-])CC2)c1. The fourth-order valence-corrected chi connectivity index (χ4v) is 4.35. The summed E-state index contributed by atoms with van der Waals surface area (Å²) in [5.41, 5.74) is 3.59. The summed E-state index contributed by atoms with van der Waals surface area (Å²) in [5.74, 6) is 0. The predicted octanol–water partition coefficient (Wildman–Crippen LogP) is 2.94. The molecule has 0 radical (unpaired) electrons. The van der Waals surface area contributed by atoms with E-state index in [0.717, 1.165) is 6.26 Å². The second kappa shape index (κ2) is 7.19. The van der Waals surface area contributed by atoms with Gasteiger partial charge in [-0.15, -0.1) is 0 Å². The maximum absolute atomic E-state index is 12.0. The summed E-state index contributed by atoms with van der Waals surface area (Å²) in [4.78, 5) is 14.9. The Morgan fingerprint density at radius 3 is 2.11 bits per heavy atom. The molecule has 1 saturated heterocycles. The number of hydrogen-bond donors (Lipinski definition) is 0. The Bertz CT molecular complexity index is 980. The number of nitro groups is 1. The van der Waals surface area contributed by atoms with Crippen molar-refractivity contribution in [3.63, 3.8) is 0 Å². The van der Waals surface area contributed by atoms with E-state index in [1.165, 1.54) is 22.9 Å². The van der Waals surface area contributed by atoms with Crippen LogP contribution in [0.3, 0.4) is 0 Å². The molecule has 0 N–H and O–H groups in total. The average Bonchev–Trinajstić information content (AvgIpc) is 2.62. The van der Waals surface area contributed by atoms with Gasteiger partial charge in [-0.25, -0.2) is 8.42 Å². The maximum Gasteiger partial charge on any atom is 0.311 e. The quantitative estimate of drug-likeness (QED) is 0.590. The number of para-hydroxylation sites is 1. The molecule has 0 spiro atoms. The molecule has 3 rings (SSSR count).